The molecule has 23 heavy (non-hydrogen) atoms. The maximum absolute atomic E-state index is 12.2. The van der Waals surface area contributed by atoms with Gasteiger partial charge in [-0.1, -0.05) is 19.4 Å². The summed E-state index contributed by atoms with van der Waals surface area (Å²) < 4.78 is 0. The van der Waals surface area contributed by atoms with Gasteiger partial charge >= 0.3 is 0 Å². The van der Waals surface area contributed by atoms with Crippen LogP contribution in [0.25, 0.3) is 0 Å². The Hall–Kier alpha value is -0.630. The average Bonchev–Trinajstić information content (AvgIpc) is 2.88. The van der Waals surface area contributed by atoms with Gasteiger partial charge in [0.05, 0.1) is 0 Å². The van der Waals surface area contributed by atoms with Crippen LogP contribution in [0.2, 0.25) is 0 Å². The van der Waals surface area contributed by atoms with Gasteiger partial charge in [-0.05, 0) is 91.9 Å². The molecule has 3 saturated carbocycles. The van der Waals surface area contributed by atoms with E-state index in [1.165, 1.54) is 37.7 Å². The summed E-state index contributed by atoms with van der Waals surface area (Å²) >= 11 is 0. The van der Waals surface area contributed by atoms with E-state index in [1.807, 2.05) is 0 Å². The highest BCUT2D eigenvalue weighted by Gasteiger charge is 2.59. The molecular formula is C21H32O2. The molecule has 0 aromatic carbocycles. The number of hydrogen-bond donors (Lipinski definition) is 1. The van der Waals surface area contributed by atoms with Crippen LogP contribution in [0.5, 0.6) is 0 Å². The molecule has 0 bridgehead atoms. The molecule has 6 atom stereocenters. The minimum atomic E-state index is 0.277. The van der Waals surface area contributed by atoms with Crippen LogP contribution in [0, 0.1) is 34.5 Å². The molecule has 0 amide bonds. The van der Waals surface area contributed by atoms with Crippen LogP contribution in [0.4, 0.5) is 0 Å². The fourth-order valence-corrected chi connectivity index (χ4v) is 7.39. The van der Waals surface area contributed by atoms with Gasteiger partial charge in [-0.15, -0.1) is 0 Å². The number of hydrogen-bond acceptors (Lipinski definition) is 2. The summed E-state index contributed by atoms with van der Waals surface area (Å²) in [6, 6.07) is 0. The highest BCUT2D eigenvalue weighted by molar-refractivity contribution is 5.96. The summed E-state index contributed by atoms with van der Waals surface area (Å²) in [6.07, 6.45) is 9.37. The second kappa shape index (κ2) is 5.18. The fraction of sp³-hybridized carbons (Fsp3) is 0.857. The number of aliphatic hydroxyl groups excluding tert-OH is 1. The summed E-state index contributed by atoms with van der Waals surface area (Å²) in [6.45, 7) is 7.39. The standard InChI is InChI=1S/C21H32O2/c1-13-16-7-5-15-17-6-4-14(12-22)20(17,2)10-8-18(15)21(16,3)11-9-19(13)23/h14-15,17-18,22H,4-12H2,1-3H3/t14?,15-,17-,18+,20+,21-/m0/s1. The van der Waals surface area contributed by atoms with Crippen LogP contribution in [-0.4, -0.2) is 17.5 Å². The predicted molar refractivity (Wildman–Crippen MR) is 91.9 cm³/mol. The molecule has 128 valence electrons. The Balaban J connectivity index is 1.69. The molecule has 1 unspecified atom stereocenters. The van der Waals surface area contributed by atoms with E-state index >= 15 is 0 Å². The summed E-state index contributed by atoms with van der Waals surface area (Å²) in [5, 5.41) is 9.82. The number of fused-ring (bicyclic) bond motifs is 5. The van der Waals surface area contributed by atoms with Gasteiger partial charge < -0.3 is 5.11 Å². The normalized spacial score (nSPS) is 49.7. The monoisotopic (exact) mass is 316 g/mol. The van der Waals surface area contributed by atoms with Crippen LogP contribution in [0.3, 0.4) is 0 Å². The molecule has 0 spiro atoms. The molecule has 0 saturated heterocycles. The lowest BCUT2D eigenvalue weighted by Crippen LogP contribution is -2.51. The highest BCUT2D eigenvalue weighted by atomic mass is 16.3. The lowest BCUT2D eigenvalue weighted by atomic mass is 9.46. The molecule has 0 aromatic rings. The third-order valence-corrected chi connectivity index (χ3v) is 8.83. The largest absolute Gasteiger partial charge is 0.396 e. The first-order valence-electron chi connectivity index (χ1n) is 9.76. The number of allylic oxidation sites excluding steroid dienone is 1. The van der Waals surface area contributed by atoms with Gasteiger partial charge in [0.25, 0.3) is 0 Å². The van der Waals surface area contributed by atoms with Crippen molar-refractivity contribution < 1.29 is 9.90 Å². The second-order valence-electron chi connectivity index (χ2n) is 9.36. The van der Waals surface area contributed by atoms with Gasteiger partial charge in [0.1, 0.15) is 0 Å². The fourth-order valence-electron chi connectivity index (χ4n) is 7.39. The van der Waals surface area contributed by atoms with Crippen LogP contribution in [0.15, 0.2) is 11.1 Å². The second-order valence-corrected chi connectivity index (χ2v) is 9.36. The van der Waals surface area contributed by atoms with E-state index in [-0.39, 0.29) is 5.41 Å². The number of carbonyl (C=O) groups is 1. The molecule has 0 aliphatic heterocycles. The van der Waals surface area contributed by atoms with Crippen LogP contribution < -0.4 is 0 Å². The molecule has 1 N–H and O–H groups in total. The molecular weight excluding hydrogens is 284 g/mol. The van der Waals surface area contributed by atoms with E-state index in [1.54, 1.807) is 0 Å². The lowest BCUT2D eigenvalue weighted by Gasteiger charge is -2.58. The Bertz CT molecular complexity index is 562. The lowest BCUT2D eigenvalue weighted by molar-refractivity contribution is -0.118. The van der Waals surface area contributed by atoms with Gasteiger partial charge in [0, 0.05) is 13.0 Å². The number of carbonyl (C=O) groups excluding carboxylic acids is 1. The SMILES string of the molecule is CC1=C2CC[C@@H]3[C@@H](CC[C@]4(C)C(CO)CC[C@@H]34)[C@@]2(C)CCC1=O. The van der Waals surface area contributed by atoms with Gasteiger partial charge in [0.15, 0.2) is 5.78 Å². The van der Waals surface area contributed by atoms with Gasteiger partial charge in [-0.2, -0.15) is 0 Å². The summed E-state index contributed by atoms with van der Waals surface area (Å²) in [4.78, 5) is 12.2. The van der Waals surface area contributed by atoms with Crippen LogP contribution >= 0.6 is 0 Å². The molecule has 4 aliphatic carbocycles. The third-order valence-electron chi connectivity index (χ3n) is 8.83. The van der Waals surface area contributed by atoms with E-state index in [0.29, 0.717) is 23.7 Å². The summed E-state index contributed by atoms with van der Waals surface area (Å²) in [7, 11) is 0. The van der Waals surface area contributed by atoms with Crippen molar-refractivity contribution in [3.05, 3.63) is 11.1 Å². The van der Waals surface area contributed by atoms with Crippen molar-refractivity contribution in [3.8, 4) is 0 Å². The van der Waals surface area contributed by atoms with Gasteiger partial charge in [-0.25, -0.2) is 0 Å². The topological polar surface area (TPSA) is 37.3 Å². The molecule has 0 radical (unpaired) electrons. The number of Topliss-reactive ketones (excluding diaryl/α,β-unsaturated/α-hetero) is 1. The molecule has 2 heteroatoms. The Kier molecular flexibility index (Phi) is 3.58. The van der Waals surface area contributed by atoms with Crippen LogP contribution in [0.1, 0.15) is 72.1 Å². The zero-order valence-electron chi connectivity index (χ0n) is 15.0. The van der Waals surface area contributed by atoms with Crippen molar-refractivity contribution in [2.45, 2.75) is 72.1 Å². The molecule has 0 heterocycles. The molecule has 4 aliphatic rings. The molecule has 2 nitrogen and oxygen atoms in total. The Morgan fingerprint density at radius 3 is 2.57 bits per heavy atom. The maximum atomic E-state index is 12.2. The number of rotatable bonds is 1. The maximum Gasteiger partial charge on any atom is 0.158 e. The zero-order valence-corrected chi connectivity index (χ0v) is 15.0. The van der Waals surface area contributed by atoms with E-state index in [4.69, 9.17) is 0 Å². The van der Waals surface area contributed by atoms with Gasteiger partial charge in [0.2, 0.25) is 0 Å². The Morgan fingerprint density at radius 1 is 1.04 bits per heavy atom. The highest BCUT2D eigenvalue weighted by Crippen LogP contribution is 2.66. The van der Waals surface area contributed by atoms with Crippen molar-refractivity contribution in [1.82, 2.24) is 0 Å². The smallest absolute Gasteiger partial charge is 0.158 e. The first kappa shape index (κ1) is 15.9. The number of aliphatic hydroxyl groups is 1. The van der Waals surface area contributed by atoms with E-state index in [2.05, 4.69) is 20.8 Å². The van der Waals surface area contributed by atoms with Crippen molar-refractivity contribution in [1.29, 1.82) is 0 Å². The van der Waals surface area contributed by atoms with E-state index in [0.717, 1.165) is 42.6 Å². The van der Waals surface area contributed by atoms with Crippen molar-refractivity contribution >= 4 is 5.78 Å². The molecule has 3 fully saturated rings. The minimum Gasteiger partial charge on any atom is -0.396 e. The zero-order chi connectivity index (χ0) is 16.4. The van der Waals surface area contributed by atoms with Gasteiger partial charge in [-0.3, -0.25) is 4.79 Å². The molecule has 0 aromatic heterocycles. The average molecular weight is 316 g/mol. The van der Waals surface area contributed by atoms with E-state index < -0.39 is 0 Å². The quantitative estimate of drug-likeness (QED) is 0.772. The van der Waals surface area contributed by atoms with Crippen LogP contribution in [-0.2, 0) is 4.79 Å². The third kappa shape index (κ3) is 2.00. The predicted octanol–water partition coefficient (Wildman–Crippen LogP) is 4.52. The first-order chi connectivity index (χ1) is 10.9. The minimum absolute atomic E-state index is 0.277. The Morgan fingerprint density at radius 2 is 1.83 bits per heavy atom. The van der Waals surface area contributed by atoms with Crippen molar-refractivity contribution in [2.75, 3.05) is 6.61 Å². The van der Waals surface area contributed by atoms with Crippen molar-refractivity contribution in [3.63, 3.8) is 0 Å². The molecule has 4 rings (SSSR count). The van der Waals surface area contributed by atoms with Crippen molar-refractivity contribution in [2.24, 2.45) is 34.5 Å². The summed E-state index contributed by atoms with van der Waals surface area (Å²) in [5.74, 6) is 3.31. The van der Waals surface area contributed by atoms with E-state index in [9.17, 15) is 9.90 Å². The number of ketones is 1. The Labute approximate surface area is 140 Å². The first-order valence-corrected chi connectivity index (χ1v) is 9.76. The summed E-state index contributed by atoms with van der Waals surface area (Å²) in [5.41, 5.74) is 3.26.